The molecule has 140 valence electrons. The number of para-hydroxylation sites is 1. The van der Waals surface area contributed by atoms with E-state index >= 15 is 0 Å². The van der Waals surface area contributed by atoms with Crippen LogP contribution in [-0.4, -0.2) is 10.9 Å². The van der Waals surface area contributed by atoms with Crippen LogP contribution in [0.3, 0.4) is 0 Å². The highest BCUT2D eigenvalue weighted by molar-refractivity contribution is 6.03. The van der Waals surface area contributed by atoms with Gasteiger partial charge >= 0.3 is 0 Å². The number of nitriles is 1. The van der Waals surface area contributed by atoms with Crippen LogP contribution >= 0.6 is 0 Å². The Morgan fingerprint density at radius 2 is 1.79 bits per heavy atom. The highest BCUT2D eigenvalue weighted by Crippen LogP contribution is 2.31. The van der Waals surface area contributed by atoms with Gasteiger partial charge in [0.1, 0.15) is 5.69 Å². The van der Waals surface area contributed by atoms with Gasteiger partial charge in [0.15, 0.2) is 0 Å². The van der Waals surface area contributed by atoms with Gasteiger partial charge in [-0.05, 0) is 47.4 Å². The molecule has 2 N–H and O–H groups in total. The van der Waals surface area contributed by atoms with E-state index in [-0.39, 0.29) is 11.3 Å². The molecule has 0 unspecified atom stereocenters. The van der Waals surface area contributed by atoms with Gasteiger partial charge in [0, 0.05) is 11.4 Å². The van der Waals surface area contributed by atoms with Crippen LogP contribution in [0.5, 0.6) is 0 Å². The third-order valence-corrected chi connectivity index (χ3v) is 4.26. The number of carbonyl (C=O) groups is 1. The van der Waals surface area contributed by atoms with Crippen molar-refractivity contribution in [2.45, 2.75) is 26.2 Å². The molecule has 1 heterocycles. The number of nitrogens with zero attached hydrogens (tertiary/aromatic N) is 2. The van der Waals surface area contributed by atoms with E-state index in [9.17, 15) is 4.79 Å². The maximum atomic E-state index is 12.4. The molecule has 0 spiro atoms. The van der Waals surface area contributed by atoms with Gasteiger partial charge < -0.3 is 10.6 Å². The Hall–Kier alpha value is -3.65. The van der Waals surface area contributed by atoms with Crippen LogP contribution in [0.15, 0.2) is 66.9 Å². The van der Waals surface area contributed by atoms with Crippen LogP contribution in [-0.2, 0) is 5.41 Å². The van der Waals surface area contributed by atoms with Crippen LogP contribution in [0.4, 0.5) is 17.1 Å². The number of hydrogen-bond donors (Lipinski definition) is 2. The molecular formula is C23H22N4O. The lowest BCUT2D eigenvalue weighted by molar-refractivity contribution is 0.102. The topological polar surface area (TPSA) is 77.8 Å². The van der Waals surface area contributed by atoms with Crippen molar-refractivity contribution >= 4 is 23.0 Å². The van der Waals surface area contributed by atoms with Gasteiger partial charge in [0.05, 0.1) is 23.5 Å². The molecule has 28 heavy (non-hydrogen) atoms. The van der Waals surface area contributed by atoms with Gasteiger partial charge in [-0.25, -0.2) is 4.98 Å². The standard InChI is InChI=1S/C23H22N4O/c1-23(2,3)19-9-4-5-10-20(19)26-18-11-12-21(25-15-18)22(28)27-17-8-6-7-16(13-17)14-24/h4-13,15,26H,1-3H3,(H,27,28). The van der Waals surface area contributed by atoms with E-state index in [1.54, 1.807) is 36.5 Å². The van der Waals surface area contributed by atoms with Gasteiger partial charge in [-0.1, -0.05) is 45.0 Å². The van der Waals surface area contributed by atoms with Crippen LogP contribution in [0.25, 0.3) is 0 Å². The molecule has 0 saturated heterocycles. The largest absolute Gasteiger partial charge is 0.354 e. The lowest BCUT2D eigenvalue weighted by Crippen LogP contribution is -2.14. The van der Waals surface area contributed by atoms with E-state index in [2.05, 4.69) is 48.5 Å². The molecule has 0 radical (unpaired) electrons. The van der Waals surface area contributed by atoms with E-state index < -0.39 is 0 Å². The number of amides is 1. The molecule has 2 aromatic carbocycles. The number of pyridine rings is 1. The number of nitrogens with one attached hydrogen (secondary N) is 2. The van der Waals surface area contributed by atoms with Crippen molar-refractivity contribution in [3.63, 3.8) is 0 Å². The summed E-state index contributed by atoms with van der Waals surface area (Å²) in [5, 5.41) is 15.1. The second kappa shape index (κ2) is 7.93. The van der Waals surface area contributed by atoms with Gasteiger partial charge in [0.25, 0.3) is 5.91 Å². The zero-order valence-corrected chi connectivity index (χ0v) is 16.2. The fraction of sp³-hybridized carbons (Fsp3) is 0.174. The maximum absolute atomic E-state index is 12.4. The SMILES string of the molecule is CC(C)(C)c1ccccc1Nc1ccc(C(=O)Nc2cccc(C#N)c2)nc1. The van der Waals surface area contributed by atoms with Gasteiger partial charge in [-0.2, -0.15) is 5.26 Å². The van der Waals surface area contributed by atoms with Crippen molar-refractivity contribution in [2.24, 2.45) is 0 Å². The molecule has 0 aliphatic rings. The first-order valence-corrected chi connectivity index (χ1v) is 9.01. The number of benzene rings is 2. The Morgan fingerprint density at radius 1 is 1.00 bits per heavy atom. The van der Waals surface area contributed by atoms with Crippen LogP contribution in [0, 0.1) is 11.3 Å². The summed E-state index contributed by atoms with van der Waals surface area (Å²) in [7, 11) is 0. The second-order valence-corrected chi connectivity index (χ2v) is 7.50. The lowest BCUT2D eigenvalue weighted by atomic mass is 9.86. The fourth-order valence-electron chi connectivity index (χ4n) is 2.87. The molecule has 0 aliphatic carbocycles. The molecule has 0 aliphatic heterocycles. The monoisotopic (exact) mass is 370 g/mol. The van der Waals surface area contributed by atoms with Crippen molar-refractivity contribution in [2.75, 3.05) is 10.6 Å². The molecule has 1 amide bonds. The van der Waals surface area contributed by atoms with Crippen molar-refractivity contribution in [3.8, 4) is 6.07 Å². The molecule has 0 bridgehead atoms. The van der Waals surface area contributed by atoms with Crippen LogP contribution in [0.2, 0.25) is 0 Å². The van der Waals surface area contributed by atoms with E-state index in [4.69, 9.17) is 5.26 Å². The zero-order chi connectivity index (χ0) is 20.1. The average molecular weight is 370 g/mol. The lowest BCUT2D eigenvalue weighted by Gasteiger charge is -2.23. The molecule has 0 atom stereocenters. The van der Waals surface area contributed by atoms with E-state index in [0.29, 0.717) is 16.9 Å². The second-order valence-electron chi connectivity index (χ2n) is 7.50. The minimum atomic E-state index is -0.322. The third-order valence-electron chi connectivity index (χ3n) is 4.26. The Bertz CT molecular complexity index is 1030. The van der Waals surface area contributed by atoms with Crippen molar-refractivity contribution < 1.29 is 4.79 Å². The summed E-state index contributed by atoms with van der Waals surface area (Å²) in [6, 6.07) is 20.5. The molecule has 1 aromatic heterocycles. The summed E-state index contributed by atoms with van der Waals surface area (Å²) in [4.78, 5) is 16.7. The molecule has 3 rings (SSSR count). The minimum Gasteiger partial charge on any atom is -0.354 e. The fourth-order valence-corrected chi connectivity index (χ4v) is 2.87. The predicted molar refractivity (Wildman–Crippen MR) is 112 cm³/mol. The van der Waals surface area contributed by atoms with Crippen LogP contribution in [0.1, 0.15) is 42.4 Å². The zero-order valence-electron chi connectivity index (χ0n) is 16.2. The number of aromatic nitrogens is 1. The number of rotatable bonds is 4. The Morgan fingerprint density at radius 3 is 2.46 bits per heavy atom. The molecule has 0 fully saturated rings. The highest BCUT2D eigenvalue weighted by Gasteiger charge is 2.17. The summed E-state index contributed by atoms with van der Waals surface area (Å²) >= 11 is 0. The van der Waals surface area contributed by atoms with Crippen molar-refractivity contribution in [1.29, 1.82) is 5.26 Å². The minimum absolute atomic E-state index is 0.00874. The van der Waals surface area contributed by atoms with E-state index in [0.717, 1.165) is 11.4 Å². The Balaban J connectivity index is 1.74. The summed E-state index contributed by atoms with van der Waals surface area (Å²) in [6.45, 7) is 6.50. The number of carbonyl (C=O) groups excluding carboxylic acids is 1. The Kier molecular flexibility index (Phi) is 5.42. The van der Waals surface area contributed by atoms with E-state index in [1.165, 1.54) is 5.56 Å². The van der Waals surface area contributed by atoms with Crippen molar-refractivity contribution in [1.82, 2.24) is 4.98 Å². The van der Waals surface area contributed by atoms with Gasteiger partial charge in [-0.15, -0.1) is 0 Å². The van der Waals surface area contributed by atoms with Gasteiger partial charge in [0.2, 0.25) is 0 Å². The van der Waals surface area contributed by atoms with Crippen molar-refractivity contribution in [3.05, 3.63) is 83.7 Å². The predicted octanol–water partition coefficient (Wildman–Crippen LogP) is 5.25. The van der Waals surface area contributed by atoms with Crippen LogP contribution < -0.4 is 10.6 Å². The summed E-state index contributed by atoms with van der Waals surface area (Å²) in [5.41, 5.74) is 4.39. The smallest absolute Gasteiger partial charge is 0.274 e. The molecule has 3 aromatic rings. The third kappa shape index (κ3) is 4.54. The molecule has 0 saturated carbocycles. The average Bonchev–Trinajstić information content (AvgIpc) is 2.68. The number of anilines is 3. The van der Waals surface area contributed by atoms with Gasteiger partial charge in [-0.3, -0.25) is 4.79 Å². The first-order chi connectivity index (χ1) is 13.4. The quantitative estimate of drug-likeness (QED) is 0.658. The summed E-state index contributed by atoms with van der Waals surface area (Å²) < 4.78 is 0. The first kappa shape index (κ1) is 19.1. The summed E-state index contributed by atoms with van der Waals surface area (Å²) in [5.74, 6) is -0.322. The normalized spacial score (nSPS) is 10.8. The highest BCUT2D eigenvalue weighted by atomic mass is 16.1. The molecule has 5 nitrogen and oxygen atoms in total. The molecule has 5 heteroatoms. The first-order valence-electron chi connectivity index (χ1n) is 9.01. The Labute approximate surface area is 165 Å². The number of hydrogen-bond acceptors (Lipinski definition) is 4. The summed E-state index contributed by atoms with van der Waals surface area (Å²) in [6.07, 6.45) is 1.64. The maximum Gasteiger partial charge on any atom is 0.274 e. The van der Waals surface area contributed by atoms with E-state index in [1.807, 2.05) is 24.3 Å². The molecular weight excluding hydrogens is 348 g/mol.